The Morgan fingerprint density at radius 3 is 1.00 bits per heavy atom. The maximum atomic E-state index is 0. The molecule has 0 aromatic rings. The first-order valence-corrected chi connectivity index (χ1v) is 0. The Balaban J connectivity index is 0. The van der Waals surface area contributed by atoms with Crippen molar-refractivity contribution in [3.63, 3.8) is 0 Å². The predicted molar refractivity (Wildman–Crippen MR) is 5.75 cm³/mol. The second-order valence-corrected chi connectivity index (χ2v) is 0. The summed E-state index contributed by atoms with van der Waals surface area (Å²) >= 11 is 0. The molecule has 0 aliphatic heterocycles. The fourth-order valence-corrected chi connectivity index (χ4v) is 0. The summed E-state index contributed by atoms with van der Waals surface area (Å²) in [5.41, 5.74) is 0. The SMILES string of the molecule is [Cu].[Mn].[Ni].[Sn]. The van der Waals surface area contributed by atoms with Gasteiger partial charge in [0.05, 0.1) is 0 Å². The van der Waals surface area contributed by atoms with Crippen LogP contribution < -0.4 is 0 Å². The molecule has 6 radical (unpaired) electrons. The summed E-state index contributed by atoms with van der Waals surface area (Å²) in [5.74, 6) is 0. The minimum atomic E-state index is 0. The summed E-state index contributed by atoms with van der Waals surface area (Å²) < 4.78 is 0. The molecule has 32 valence electrons. The summed E-state index contributed by atoms with van der Waals surface area (Å²) in [7, 11) is 0. The van der Waals surface area contributed by atoms with Crippen molar-refractivity contribution in [3.8, 4) is 0 Å². The molecule has 0 aromatic carbocycles. The average molecular weight is 296 g/mol. The topological polar surface area (TPSA) is 0 Å². The van der Waals surface area contributed by atoms with Gasteiger partial charge in [0.1, 0.15) is 0 Å². The van der Waals surface area contributed by atoms with Crippen LogP contribution in [0.2, 0.25) is 0 Å². The first-order chi connectivity index (χ1) is 0. The molecular weight excluding hydrogens is 296 g/mol. The Labute approximate surface area is 73.7 Å². The van der Waals surface area contributed by atoms with Gasteiger partial charge in [-0.1, -0.05) is 0 Å². The van der Waals surface area contributed by atoms with Crippen molar-refractivity contribution >= 4 is 23.9 Å². The third-order valence-electron chi connectivity index (χ3n) is 0. The van der Waals surface area contributed by atoms with Gasteiger partial charge >= 0.3 is 0 Å². The van der Waals surface area contributed by atoms with E-state index in [0.717, 1.165) is 0 Å². The van der Waals surface area contributed by atoms with E-state index < -0.39 is 0 Å². The normalized spacial score (nSPS) is 0. The van der Waals surface area contributed by atoms with E-state index in [0.29, 0.717) is 0 Å². The predicted octanol–water partition coefficient (Wildman–Crippen LogP) is -0.388. The zero-order valence-electron chi connectivity index (χ0n) is 1.50. The molecule has 0 N–H and O–H groups in total. The van der Waals surface area contributed by atoms with Crippen molar-refractivity contribution in [1.29, 1.82) is 0 Å². The third-order valence-corrected chi connectivity index (χ3v) is 0. The fraction of sp³-hybridized carbons (Fsp3) is 0. The van der Waals surface area contributed by atoms with Crippen LogP contribution in [0, 0.1) is 0 Å². The quantitative estimate of drug-likeness (QED) is 0.534. The maximum absolute atomic E-state index is 0. The minimum absolute atomic E-state index is 0. The van der Waals surface area contributed by atoms with E-state index >= 15 is 0 Å². The molecule has 0 spiro atoms. The van der Waals surface area contributed by atoms with Crippen molar-refractivity contribution < 1.29 is 50.6 Å². The van der Waals surface area contributed by atoms with Crippen molar-refractivity contribution in [3.05, 3.63) is 0 Å². The molecule has 0 aliphatic rings. The molecule has 0 heterocycles. The van der Waals surface area contributed by atoms with Gasteiger partial charge in [-0.2, -0.15) is 0 Å². The summed E-state index contributed by atoms with van der Waals surface area (Å²) in [6, 6.07) is 0. The van der Waals surface area contributed by atoms with Gasteiger partial charge in [-0.05, 0) is 0 Å². The average Bonchev–Trinajstić information content (AvgIpc) is 0. The molecule has 0 aliphatic carbocycles. The second kappa shape index (κ2) is 18.4. The molecular formula is CuMnNiSn. The number of hydrogen-bond acceptors (Lipinski definition) is 0. The Morgan fingerprint density at radius 1 is 1.00 bits per heavy atom. The molecule has 4 heavy (non-hydrogen) atoms. The zero-order chi connectivity index (χ0) is 0. The van der Waals surface area contributed by atoms with Gasteiger partial charge in [0, 0.05) is 74.5 Å². The van der Waals surface area contributed by atoms with Gasteiger partial charge in [0.25, 0.3) is 0 Å². The summed E-state index contributed by atoms with van der Waals surface area (Å²) in [4.78, 5) is 0. The maximum Gasteiger partial charge on any atom is 0 e. The number of rotatable bonds is 0. The van der Waals surface area contributed by atoms with Gasteiger partial charge in [0.15, 0.2) is 0 Å². The van der Waals surface area contributed by atoms with E-state index in [9.17, 15) is 0 Å². The summed E-state index contributed by atoms with van der Waals surface area (Å²) in [6.07, 6.45) is 0. The van der Waals surface area contributed by atoms with E-state index in [1.165, 1.54) is 0 Å². The van der Waals surface area contributed by atoms with Crippen molar-refractivity contribution in [1.82, 2.24) is 0 Å². The number of hydrogen-bond donors (Lipinski definition) is 0. The monoisotopic (exact) mass is 296 g/mol. The molecule has 0 amide bonds. The molecule has 0 nitrogen and oxygen atoms in total. The zero-order valence-corrected chi connectivity index (χ0v) is 7.46. The van der Waals surface area contributed by atoms with Crippen LogP contribution >= 0.6 is 0 Å². The van der Waals surface area contributed by atoms with Crippen LogP contribution in [0.1, 0.15) is 0 Å². The van der Waals surface area contributed by atoms with Crippen LogP contribution in [0.5, 0.6) is 0 Å². The van der Waals surface area contributed by atoms with E-state index in [4.69, 9.17) is 0 Å². The molecule has 0 rings (SSSR count). The van der Waals surface area contributed by atoms with Gasteiger partial charge in [-0.3, -0.25) is 0 Å². The summed E-state index contributed by atoms with van der Waals surface area (Å²) in [5, 5.41) is 0. The van der Waals surface area contributed by atoms with Crippen molar-refractivity contribution in [2.45, 2.75) is 0 Å². The van der Waals surface area contributed by atoms with Crippen molar-refractivity contribution in [2.75, 3.05) is 0 Å². The van der Waals surface area contributed by atoms with Crippen LogP contribution in [0.4, 0.5) is 0 Å². The van der Waals surface area contributed by atoms with E-state index in [1.54, 1.807) is 0 Å². The van der Waals surface area contributed by atoms with Gasteiger partial charge in [-0.25, -0.2) is 0 Å². The smallest absolute Gasteiger partial charge is 0 e. The Kier molecular flexibility index (Phi) is 152. The molecule has 0 saturated heterocycles. The van der Waals surface area contributed by atoms with Crippen LogP contribution in [-0.4, -0.2) is 23.9 Å². The molecule has 0 aromatic heterocycles. The molecule has 0 saturated carbocycles. The van der Waals surface area contributed by atoms with Crippen LogP contribution in [0.15, 0.2) is 0 Å². The minimum Gasteiger partial charge on any atom is 0 e. The Hall–Kier alpha value is 2.33. The van der Waals surface area contributed by atoms with E-state index in [1.807, 2.05) is 0 Å². The fourth-order valence-electron chi connectivity index (χ4n) is 0. The Morgan fingerprint density at radius 2 is 1.00 bits per heavy atom. The van der Waals surface area contributed by atoms with Crippen LogP contribution in [0.3, 0.4) is 0 Å². The van der Waals surface area contributed by atoms with E-state index in [2.05, 4.69) is 0 Å². The summed E-state index contributed by atoms with van der Waals surface area (Å²) in [6.45, 7) is 0. The second-order valence-electron chi connectivity index (χ2n) is 0. The third kappa shape index (κ3) is 8.84. The van der Waals surface area contributed by atoms with Crippen LogP contribution in [-0.2, 0) is 50.6 Å². The van der Waals surface area contributed by atoms with Gasteiger partial charge in [0.2, 0.25) is 0 Å². The molecule has 4 heteroatoms. The molecule has 0 fully saturated rings. The largest absolute Gasteiger partial charge is 0 e. The van der Waals surface area contributed by atoms with Gasteiger partial charge in [-0.15, -0.1) is 0 Å². The van der Waals surface area contributed by atoms with Crippen molar-refractivity contribution in [2.24, 2.45) is 0 Å². The van der Waals surface area contributed by atoms with E-state index in [-0.39, 0.29) is 74.5 Å². The van der Waals surface area contributed by atoms with Gasteiger partial charge < -0.3 is 0 Å². The molecule has 0 bridgehead atoms. The molecule has 0 atom stereocenters. The standard InChI is InChI=1S/Cu.Mn.Ni.Sn. The molecule has 0 unspecified atom stereocenters. The first kappa shape index (κ1) is 33.1. The first-order valence-electron chi connectivity index (χ1n) is 0. The van der Waals surface area contributed by atoms with Crippen LogP contribution in [0.25, 0.3) is 0 Å². The Bertz CT molecular complexity index is 8.00.